The first kappa shape index (κ1) is 28.7. The van der Waals surface area contributed by atoms with Crippen LogP contribution in [0.5, 0.6) is 0 Å². The van der Waals surface area contributed by atoms with Gasteiger partial charge in [0.1, 0.15) is 0 Å². The normalized spacial score (nSPS) is 29.7. The van der Waals surface area contributed by atoms with Crippen LogP contribution in [0.2, 0.25) is 0 Å². The van der Waals surface area contributed by atoms with Crippen LogP contribution < -0.4 is 5.32 Å². The molecule has 3 N–H and O–H groups in total. The summed E-state index contributed by atoms with van der Waals surface area (Å²) in [5.74, 6) is -1.33. The number of carbonyl (C=O) groups excluding carboxylic acids is 1. The molecule has 5 unspecified atom stereocenters. The Bertz CT molecular complexity index is 1200. The van der Waals surface area contributed by atoms with Crippen LogP contribution in [0.15, 0.2) is 48.5 Å². The predicted molar refractivity (Wildman–Crippen MR) is 151 cm³/mol. The fourth-order valence-electron chi connectivity index (χ4n) is 7.25. The highest BCUT2D eigenvalue weighted by Crippen LogP contribution is 2.53. The summed E-state index contributed by atoms with van der Waals surface area (Å²) in [6.45, 7) is 9.18. The molecule has 2 saturated heterocycles. The summed E-state index contributed by atoms with van der Waals surface area (Å²) in [6, 6.07) is 15.9. The lowest BCUT2D eigenvalue weighted by molar-refractivity contribution is -0.253. The number of aliphatic hydroxyl groups is 1. The van der Waals surface area contributed by atoms with Crippen molar-refractivity contribution in [2.45, 2.75) is 90.4 Å². The maximum absolute atomic E-state index is 12.1. The molecule has 2 aliphatic heterocycles. The first-order valence-corrected chi connectivity index (χ1v) is 14.4. The Labute approximate surface area is 236 Å². The number of fused-ring (bicyclic) bond motifs is 2. The van der Waals surface area contributed by atoms with Crippen molar-refractivity contribution in [2.24, 2.45) is 10.8 Å². The fourth-order valence-corrected chi connectivity index (χ4v) is 7.25. The number of aliphatic hydroxyl groups excluding tert-OH is 1. The summed E-state index contributed by atoms with van der Waals surface area (Å²) in [4.78, 5) is 25.4. The van der Waals surface area contributed by atoms with Gasteiger partial charge in [0.15, 0.2) is 6.29 Å². The summed E-state index contributed by atoms with van der Waals surface area (Å²) < 4.78 is 13.1. The van der Waals surface area contributed by atoms with E-state index in [0.717, 1.165) is 36.2 Å². The van der Waals surface area contributed by atoms with E-state index in [9.17, 15) is 14.7 Å². The van der Waals surface area contributed by atoms with E-state index in [4.69, 9.17) is 14.6 Å². The van der Waals surface area contributed by atoms with Crippen LogP contribution in [-0.4, -0.2) is 52.2 Å². The first-order chi connectivity index (χ1) is 19.0. The maximum Gasteiger partial charge on any atom is 0.303 e. The Morgan fingerprint density at radius 1 is 0.975 bits per heavy atom. The average Bonchev–Trinajstić information content (AvgIpc) is 3.14. The number of benzene rings is 2. The predicted octanol–water partition coefficient (Wildman–Crippen LogP) is 5.43. The fraction of sp³-hybridized carbons (Fsp3) is 0.562. The molecule has 2 heterocycles. The highest BCUT2D eigenvalue weighted by Gasteiger charge is 2.50. The Balaban J connectivity index is 1.31. The Morgan fingerprint density at radius 2 is 1.68 bits per heavy atom. The van der Waals surface area contributed by atoms with Crippen molar-refractivity contribution < 1.29 is 29.3 Å². The molecule has 0 radical (unpaired) electrons. The number of nitrogens with zero attached hydrogens (tertiary/aromatic N) is 1. The van der Waals surface area contributed by atoms with Gasteiger partial charge in [0, 0.05) is 43.2 Å². The van der Waals surface area contributed by atoms with Gasteiger partial charge in [-0.25, -0.2) is 0 Å². The van der Waals surface area contributed by atoms with E-state index in [2.05, 4.69) is 31.0 Å². The minimum absolute atomic E-state index is 0.00479. The van der Waals surface area contributed by atoms with E-state index in [-0.39, 0.29) is 37.6 Å². The molecule has 2 bridgehead atoms. The highest BCUT2D eigenvalue weighted by molar-refractivity contribution is 5.92. The molecule has 3 fully saturated rings. The smallest absolute Gasteiger partial charge is 0.303 e. The van der Waals surface area contributed by atoms with Gasteiger partial charge in [-0.2, -0.15) is 0 Å². The standard InChI is InChI=1S/C32H42N2O6/c1-31(2)15-25-16-32(3,19-31)20-34(25)17-26-14-27(22-6-4-21(18-35)5-7-22)40-30(39-26)23-8-10-24(11-9-23)33-28(36)12-13-29(37)38/h4-11,25-27,30,35H,12-20H2,1-3H3,(H,33,36)(H,37,38). The third-order valence-corrected chi connectivity index (χ3v) is 8.61. The lowest BCUT2D eigenvalue weighted by Crippen LogP contribution is -2.42. The van der Waals surface area contributed by atoms with Crippen LogP contribution in [-0.2, 0) is 25.7 Å². The molecule has 1 saturated carbocycles. The summed E-state index contributed by atoms with van der Waals surface area (Å²) in [6.07, 6.45) is 3.45. The highest BCUT2D eigenvalue weighted by atomic mass is 16.7. The second-order valence-corrected chi connectivity index (χ2v) is 13.1. The molecule has 0 aromatic heterocycles. The first-order valence-electron chi connectivity index (χ1n) is 14.4. The van der Waals surface area contributed by atoms with Crippen molar-refractivity contribution in [3.8, 4) is 0 Å². The number of aliphatic carboxylic acids is 1. The van der Waals surface area contributed by atoms with E-state index >= 15 is 0 Å². The van der Waals surface area contributed by atoms with Gasteiger partial charge in [0.2, 0.25) is 5.91 Å². The van der Waals surface area contributed by atoms with E-state index in [1.807, 2.05) is 36.4 Å². The number of amides is 1. The Kier molecular flexibility index (Phi) is 8.34. The molecule has 1 amide bonds. The van der Waals surface area contributed by atoms with Gasteiger partial charge < -0.3 is 25.0 Å². The largest absolute Gasteiger partial charge is 0.481 e. The molecular weight excluding hydrogens is 508 g/mol. The Hall–Kier alpha value is -2.78. The SMILES string of the molecule is CC1(C)CC2CC(C)(CN2CC2CC(c3ccc(CO)cc3)OC(c3ccc(NC(=O)CCC(=O)O)cc3)O2)C1. The minimum Gasteiger partial charge on any atom is -0.481 e. The van der Waals surface area contributed by atoms with Crippen molar-refractivity contribution in [2.75, 3.05) is 18.4 Å². The van der Waals surface area contributed by atoms with Gasteiger partial charge in [-0.1, -0.05) is 57.2 Å². The third-order valence-electron chi connectivity index (χ3n) is 8.61. The number of anilines is 1. The zero-order valence-corrected chi connectivity index (χ0v) is 23.8. The van der Waals surface area contributed by atoms with Crippen LogP contribution in [0.25, 0.3) is 0 Å². The van der Waals surface area contributed by atoms with Gasteiger partial charge in [0.25, 0.3) is 0 Å². The van der Waals surface area contributed by atoms with Crippen LogP contribution in [0.3, 0.4) is 0 Å². The lowest BCUT2D eigenvalue weighted by atomic mass is 9.65. The number of nitrogens with one attached hydrogen (secondary N) is 1. The molecule has 8 heteroatoms. The number of likely N-dealkylation sites (tertiary alicyclic amines) is 1. The number of hydrogen-bond acceptors (Lipinski definition) is 6. The van der Waals surface area contributed by atoms with Crippen LogP contribution in [0.1, 0.15) is 88.4 Å². The van der Waals surface area contributed by atoms with E-state index in [1.54, 1.807) is 12.1 Å². The monoisotopic (exact) mass is 550 g/mol. The van der Waals surface area contributed by atoms with Crippen LogP contribution in [0.4, 0.5) is 5.69 Å². The summed E-state index contributed by atoms with van der Waals surface area (Å²) in [7, 11) is 0. The van der Waals surface area contributed by atoms with Gasteiger partial charge in [-0.05, 0) is 53.4 Å². The molecule has 5 atom stereocenters. The molecule has 2 aromatic carbocycles. The second-order valence-electron chi connectivity index (χ2n) is 13.1. The van der Waals surface area contributed by atoms with Crippen molar-refractivity contribution in [1.82, 2.24) is 4.90 Å². The van der Waals surface area contributed by atoms with Crippen molar-refractivity contribution in [3.63, 3.8) is 0 Å². The van der Waals surface area contributed by atoms with Gasteiger partial charge in [0.05, 0.1) is 25.2 Å². The van der Waals surface area contributed by atoms with Crippen LogP contribution >= 0.6 is 0 Å². The molecule has 3 aliphatic rings. The number of carbonyl (C=O) groups is 2. The number of carboxylic acids is 1. The second kappa shape index (κ2) is 11.6. The van der Waals surface area contributed by atoms with E-state index in [1.165, 1.54) is 19.3 Å². The molecule has 1 aliphatic carbocycles. The van der Waals surface area contributed by atoms with Gasteiger partial charge >= 0.3 is 5.97 Å². The van der Waals surface area contributed by atoms with Crippen molar-refractivity contribution in [1.29, 1.82) is 0 Å². The summed E-state index contributed by atoms with van der Waals surface area (Å²) in [5.41, 5.74) is 4.09. The average molecular weight is 551 g/mol. The molecule has 216 valence electrons. The van der Waals surface area contributed by atoms with E-state index < -0.39 is 12.3 Å². The topological polar surface area (TPSA) is 108 Å². The molecular formula is C32H42N2O6. The summed E-state index contributed by atoms with van der Waals surface area (Å²) >= 11 is 0. The number of ether oxygens (including phenoxy) is 2. The van der Waals surface area contributed by atoms with Crippen molar-refractivity contribution in [3.05, 3.63) is 65.2 Å². The third kappa shape index (κ3) is 6.92. The van der Waals surface area contributed by atoms with E-state index in [0.29, 0.717) is 22.6 Å². The zero-order chi connectivity index (χ0) is 28.5. The lowest BCUT2D eigenvalue weighted by Gasteiger charge is -2.41. The zero-order valence-electron chi connectivity index (χ0n) is 23.8. The van der Waals surface area contributed by atoms with Gasteiger partial charge in [-0.3, -0.25) is 14.5 Å². The molecule has 40 heavy (non-hydrogen) atoms. The number of carboxylic acid groups (broad SMARTS) is 1. The number of hydrogen-bond donors (Lipinski definition) is 3. The van der Waals surface area contributed by atoms with Crippen LogP contribution in [0, 0.1) is 10.8 Å². The Morgan fingerprint density at radius 3 is 2.35 bits per heavy atom. The number of rotatable bonds is 9. The minimum atomic E-state index is -0.998. The molecule has 5 rings (SSSR count). The molecule has 8 nitrogen and oxygen atoms in total. The molecule has 2 aromatic rings. The quantitative estimate of drug-likeness (QED) is 0.382. The van der Waals surface area contributed by atoms with Crippen molar-refractivity contribution >= 4 is 17.6 Å². The van der Waals surface area contributed by atoms with Gasteiger partial charge in [-0.15, -0.1) is 0 Å². The molecule has 0 spiro atoms. The summed E-state index contributed by atoms with van der Waals surface area (Å²) in [5, 5.41) is 21.0. The maximum atomic E-state index is 12.1.